The lowest BCUT2D eigenvalue weighted by atomic mass is 10.0. The zero-order valence-corrected chi connectivity index (χ0v) is 18.4. The van der Waals surface area contributed by atoms with Crippen molar-refractivity contribution in [2.75, 3.05) is 6.61 Å². The number of aliphatic hydroxyl groups is 1. The lowest BCUT2D eigenvalue weighted by Crippen LogP contribution is -2.39. The Morgan fingerprint density at radius 3 is 2.52 bits per heavy atom. The molecule has 3 heteroatoms. The molecule has 0 spiro atoms. The van der Waals surface area contributed by atoms with E-state index in [1.807, 2.05) is 36.4 Å². The topological polar surface area (TPSA) is 38.7 Å². The Bertz CT molecular complexity index is 593. The molecule has 1 aromatic carbocycles. The van der Waals surface area contributed by atoms with Crippen LogP contribution in [0.1, 0.15) is 89.9 Å². The van der Waals surface area contributed by atoms with E-state index in [0.717, 1.165) is 18.4 Å². The Morgan fingerprint density at radius 1 is 1.03 bits per heavy atom. The quantitative estimate of drug-likeness (QED) is 0.289. The van der Waals surface area contributed by atoms with Crippen molar-refractivity contribution in [2.45, 2.75) is 96.6 Å². The van der Waals surface area contributed by atoms with Crippen LogP contribution in [0.2, 0.25) is 0 Å². The van der Waals surface area contributed by atoms with E-state index in [9.17, 15) is 5.11 Å². The molecule has 0 amide bonds. The molecule has 1 aliphatic heterocycles. The number of aliphatic hydroxyl groups excluding tert-OH is 1. The third-order valence-electron chi connectivity index (χ3n) is 5.48. The molecule has 1 heterocycles. The van der Waals surface area contributed by atoms with E-state index >= 15 is 0 Å². The summed E-state index contributed by atoms with van der Waals surface area (Å²) in [5, 5.41) is 10.2. The Kier molecular flexibility index (Phi) is 12.0. The summed E-state index contributed by atoms with van der Waals surface area (Å²) in [6.07, 6.45) is 17.9. The minimum atomic E-state index is -0.610. The highest BCUT2D eigenvalue weighted by Crippen LogP contribution is 2.27. The van der Waals surface area contributed by atoms with Gasteiger partial charge >= 0.3 is 0 Å². The van der Waals surface area contributed by atoms with Gasteiger partial charge in [0.25, 0.3) is 0 Å². The minimum Gasteiger partial charge on any atom is -0.388 e. The fourth-order valence-electron chi connectivity index (χ4n) is 3.63. The highest BCUT2D eigenvalue weighted by atomic mass is 16.7. The van der Waals surface area contributed by atoms with Gasteiger partial charge in [0.05, 0.1) is 6.61 Å². The second-order valence-corrected chi connectivity index (χ2v) is 8.17. The highest BCUT2D eigenvalue weighted by Gasteiger charge is 2.29. The molecule has 0 bridgehead atoms. The second-order valence-electron chi connectivity index (χ2n) is 8.17. The monoisotopic (exact) mass is 400 g/mol. The zero-order chi connectivity index (χ0) is 20.7. The summed E-state index contributed by atoms with van der Waals surface area (Å²) in [6, 6.07) is 9.89. The number of hydrogen-bond acceptors (Lipinski definition) is 3. The average molecular weight is 401 g/mol. The van der Waals surface area contributed by atoms with Gasteiger partial charge in [0.2, 0.25) is 0 Å². The lowest BCUT2D eigenvalue weighted by molar-refractivity contribution is -0.243. The van der Waals surface area contributed by atoms with Crippen LogP contribution in [0.4, 0.5) is 0 Å². The van der Waals surface area contributed by atoms with Gasteiger partial charge in [-0.1, -0.05) is 99.6 Å². The average Bonchev–Trinajstić information content (AvgIpc) is 2.74. The van der Waals surface area contributed by atoms with E-state index in [1.54, 1.807) is 0 Å². The maximum atomic E-state index is 10.2. The standard InChI is InChI=1S/C26H40O3/c1-3-4-5-6-7-8-11-16-22(2)17-12-9-15-20-25-24(27)21-28-26(29-25)23-18-13-10-14-19-23/h10,13-15,17-20,24-27H,3-9,11-12,16,21H2,1-2H3/b20-15+,22-17+/t24-,25-,26+/m1/s1. The predicted octanol–water partition coefficient (Wildman–Crippen LogP) is 6.88. The van der Waals surface area contributed by atoms with E-state index in [0.29, 0.717) is 6.61 Å². The molecule has 1 saturated heterocycles. The maximum absolute atomic E-state index is 10.2. The molecule has 0 radical (unpaired) electrons. The first-order valence-corrected chi connectivity index (χ1v) is 11.5. The van der Waals surface area contributed by atoms with Gasteiger partial charge in [0.1, 0.15) is 12.2 Å². The molecule has 29 heavy (non-hydrogen) atoms. The number of hydrogen-bond donors (Lipinski definition) is 1. The number of ether oxygens (including phenoxy) is 2. The number of rotatable bonds is 13. The smallest absolute Gasteiger partial charge is 0.184 e. The van der Waals surface area contributed by atoms with Crippen LogP contribution in [0.15, 0.2) is 54.1 Å². The molecule has 3 atom stereocenters. The molecule has 1 aromatic rings. The maximum Gasteiger partial charge on any atom is 0.184 e. The zero-order valence-electron chi connectivity index (χ0n) is 18.4. The largest absolute Gasteiger partial charge is 0.388 e. The summed E-state index contributed by atoms with van der Waals surface area (Å²) >= 11 is 0. The van der Waals surface area contributed by atoms with Crippen molar-refractivity contribution in [3.05, 3.63) is 59.7 Å². The first kappa shape index (κ1) is 23.9. The molecule has 0 aliphatic carbocycles. The molecule has 2 rings (SSSR count). The number of unbranched alkanes of at least 4 members (excludes halogenated alkanes) is 7. The van der Waals surface area contributed by atoms with Crippen LogP contribution < -0.4 is 0 Å². The van der Waals surface area contributed by atoms with Gasteiger partial charge in [-0.05, 0) is 32.6 Å². The lowest BCUT2D eigenvalue weighted by Gasteiger charge is -2.32. The van der Waals surface area contributed by atoms with Crippen molar-refractivity contribution in [3.8, 4) is 0 Å². The van der Waals surface area contributed by atoms with E-state index in [4.69, 9.17) is 9.47 Å². The number of allylic oxidation sites excluding steroid dienone is 3. The van der Waals surface area contributed by atoms with Crippen LogP contribution in [0.3, 0.4) is 0 Å². The van der Waals surface area contributed by atoms with Gasteiger partial charge in [-0.3, -0.25) is 0 Å². The predicted molar refractivity (Wildman–Crippen MR) is 121 cm³/mol. The Balaban J connectivity index is 1.62. The SMILES string of the molecule is CCCCCCCCC/C(C)=C/CC/C=C/[C@H]1O[C@@H](c2ccccc2)OC[C@H]1O. The summed E-state index contributed by atoms with van der Waals surface area (Å²) < 4.78 is 11.6. The molecule has 1 N–H and O–H groups in total. The summed E-state index contributed by atoms with van der Waals surface area (Å²) in [6.45, 7) is 4.81. The van der Waals surface area contributed by atoms with Gasteiger partial charge in [0, 0.05) is 5.56 Å². The molecule has 1 aliphatic rings. The van der Waals surface area contributed by atoms with Crippen molar-refractivity contribution in [2.24, 2.45) is 0 Å². The molecule has 1 fully saturated rings. The Hall–Kier alpha value is -1.42. The fourth-order valence-corrected chi connectivity index (χ4v) is 3.63. The van der Waals surface area contributed by atoms with Gasteiger partial charge < -0.3 is 14.6 Å². The van der Waals surface area contributed by atoms with E-state index in [2.05, 4.69) is 26.0 Å². The van der Waals surface area contributed by atoms with Crippen molar-refractivity contribution in [1.29, 1.82) is 0 Å². The molecule has 3 nitrogen and oxygen atoms in total. The van der Waals surface area contributed by atoms with Crippen molar-refractivity contribution in [1.82, 2.24) is 0 Å². The third kappa shape index (κ3) is 9.75. The third-order valence-corrected chi connectivity index (χ3v) is 5.48. The summed E-state index contributed by atoms with van der Waals surface area (Å²) in [4.78, 5) is 0. The van der Waals surface area contributed by atoms with Crippen molar-refractivity contribution in [3.63, 3.8) is 0 Å². The molecular formula is C26H40O3. The van der Waals surface area contributed by atoms with Gasteiger partial charge in [-0.15, -0.1) is 0 Å². The molecule has 0 saturated carbocycles. The van der Waals surface area contributed by atoms with Gasteiger partial charge in [0.15, 0.2) is 6.29 Å². The van der Waals surface area contributed by atoms with Gasteiger partial charge in [-0.25, -0.2) is 0 Å². The summed E-state index contributed by atoms with van der Waals surface area (Å²) in [5.74, 6) is 0. The van der Waals surface area contributed by atoms with E-state index < -0.39 is 12.4 Å². The fraction of sp³-hybridized carbons (Fsp3) is 0.615. The van der Waals surface area contributed by atoms with Crippen LogP contribution in [-0.4, -0.2) is 23.9 Å². The van der Waals surface area contributed by atoms with E-state index in [1.165, 1.54) is 56.9 Å². The van der Waals surface area contributed by atoms with Crippen molar-refractivity contribution >= 4 is 0 Å². The minimum absolute atomic E-state index is 0.298. The first-order chi connectivity index (χ1) is 14.2. The molecule has 0 aromatic heterocycles. The molecule has 0 unspecified atom stereocenters. The van der Waals surface area contributed by atoms with Crippen LogP contribution in [0.25, 0.3) is 0 Å². The summed E-state index contributed by atoms with van der Waals surface area (Å²) in [5.41, 5.74) is 2.49. The van der Waals surface area contributed by atoms with Crippen molar-refractivity contribution < 1.29 is 14.6 Å². The van der Waals surface area contributed by atoms with Crippen LogP contribution >= 0.6 is 0 Å². The molecule has 162 valence electrons. The Labute approximate surface area is 177 Å². The molecular weight excluding hydrogens is 360 g/mol. The van der Waals surface area contributed by atoms with Crippen LogP contribution in [0.5, 0.6) is 0 Å². The van der Waals surface area contributed by atoms with Gasteiger partial charge in [-0.2, -0.15) is 0 Å². The normalized spacial score (nSPS) is 23.0. The summed E-state index contributed by atoms with van der Waals surface area (Å²) in [7, 11) is 0. The highest BCUT2D eigenvalue weighted by molar-refractivity contribution is 5.16. The number of benzene rings is 1. The Morgan fingerprint density at radius 2 is 1.76 bits per heavy atom. The second kappa shape index (κ2) is 14.5. The first-order valence-electron chi connectivity index (χ1n) is 11.5. The van der Waals surface area contributed by atoms with E-state index in [-0.39, 0.29) is 6.10 Å². The van der Waals surface area contributed by atoms with Crippen LogP contribution in [0, 0.1) is 0 Å². The van der Waals surface area contributed by atoms with Crippen LogP contribution in [-0.2, 0) is 9.47 Å².